The van der Waals surface area contributed by atoms with E-state index in [4.69, 9.17) is 0 Å². The molecule has 0 aliphatic carbocycles. The van der Waals surface area contributed by atoms with Gasteiger partial charge in [0.2, 0.25) is 17.7 Å². The zero-order valence-electron chi connectivity index (χ0n) is 26.6. The normalized spacial score (nSPS) is 21.8. The molecule has 1 saturated heterocycles. The summed E-state index contributed by atoms with van der Waals surface area (Å²) in [6.45, 7) is 5.13. The van der Waals surface area contributed by atoms with Crippen molar-refractivity contribution in [2.45, 2.75) is 76.9 Å². The van der Waals surface area contributed by atoms with Crippen LogP contribution in [0.3, 0.4) is 0 Å². The van der Waals surface area contributed by atoms with Crippen LogP contribution in [0.1, 0.15) is 101 Å². The SMILES string of the molecule is CC(C)C[C@@H]1NC(=O)CCCN(C(=O)[C@H]2CCC(=O)N2)CCCNC(=O)c2csc(n2)[C@H](Cc2ccccc2)NC(=O)c2csc1n2. The minimum Gasteiger partial charge on any atom is -0.351 e. The van der Waals surface area contributed by atoms with Crippen LogP contribution in [0.5, 0.6) is 0 Å². The van der Waals surface area contributed by atoms with E-state index in [-0.39, 0.29) is 59.3 Å². The third kappa shape index (κ3) is 9.44. The standard InChI is InChI=1S/C33H41N7O5S2/c1-20(2)16-23-31-39-26(19-47-31)30(44)37-24(17-21-8-4-3-5-9-21)32-38-25(18-46-32)29(43)34-13-7-15-40(14-6-10-27(41)36-23)33(45)22-11-12-28(42)35-22/h3-5,8-9,18-20,22-24H,6-7,10-17H2,1-2H3,(H,34,43)(H,35,42)(H,36,41)(H,37,44)/t22-,23+,24+/m1/s1. The number of hydrogen-bond donors (Lipinski definition) is 4. The van der Waals surface area contributed by atoms with Gasteiger partial charge < -0.3 is 26.2 Å². The Labute approximate surface area is 282 Å². The quantitative estimate of drug-likeness (QED) is 0.321. The first-order valence-electron chi connectivity index (χ1n) is 16.1. The number of fused-ring (bicyclic) bond motifs is 4. The van der Waals surface area contributed by atoms with Crippen molar-refractivity contribution < 1.29 is 24.0 Å². The van der Waals surface area contributed by atoms with Crippen LogP contribution in [-0.4, -0.2) is 70.1 Å². The van der Waals surface area contributed by atoms with Crippen molar-refractivity contribution in [1.82, 2.24) is 36.1 Å². The predicted octanol–water partition coefficient (Wildman–Crippen LogP) is 3.54. The number of hydrogen-bond acceptors (Lipinski definition) is 9. The molecule has 1 aromatic carbocycles. The number of rotatable bonds is 5. The fraction of sp³-hybridized carbons (Fsp3) is 0.485. The van der Waals surface area contributed by atoms with Crippen molar-refractivity contribution in [1.29, 1.82) is 0 Å². The summed E-state index contributed by atoms with van der Waals surface area (Å²) in [6, 6.07) is 8.29. The Kier molecular flexibility index (Phi) is 11.7. The van der Waals surface area contributed by atoms with E-state index in [2.05, 4.69) is 45.1 Å². The lowest BCUT2D eigenvalue weighted by atomic mass is 10.0. The molecule has 5 amide bonds. The van der Waals surface area contributed by atoms with Gasteiger partial charge in [-0.15, -0.1) is 22.7 Å². The number of aromatic nitrogens is 2. The van der Waals surface area contributed by atoms with E-state index in [0.29, 0.717) is 68.2 Å². The summed E-state index contributed by atoms with van der Waals surface area (Å²) in [5, 5.41) is 16.4. The molecule has 4 heterocycles. The summed E-state index contributed by atoms with van der Waals surface area (Å²) >= 11 is 2.63. The van der Waals surface area contributed by atoms with Crippen molar-refractivity contribution in [3.05, 3.63) is 68.1 Å². The maximum absolute atomic E-state index is 13.5. The van der Waals surface area contributed by atoms with Gasteiger partial charge in [-0.3, -0.25) is 24.0 Å². The second kappa shape index (κ2) is 16.1. The average Bonchev–Trinajstić information content (AvgIpc) is 3.82. The molecule has 2 aromatic heterocycles. The Morgan fingerprint density at radius 2 is 1.51 bits per heavy atom. The molecule has 4 N–H and O–H groups in total. The van der Waals surface area contributed by atoms with Gasteiger partial charge in [0.15, 0.2) is 0 Å². The average molecular weight is 680 g/mol. The van der Waals surface area contributed by atoms with Crippen LogP contribution in [-0.2, 0) is 20.8 Å². The molecule has 0 radical (unpaired) electrons. The monoisotopic (exact) mass is 679 g/mol. The number of thiazole rings is 2. The second-order valence-electron chi connectivity index (χ2n) is 12.3. The Balaban J connectivity index is 1.39. The lowest BCUT2D eigenvalue weighted by Crippen LogP contribution is -2.46. The van der Waals surface area contributed by atoms with E-state index < -0.39 is 12.1 Å². The van der Waals surface area contributed by atoms with Gasteiger partial charge in [0, 0.05) is 43.2 Å². The summed E-state index contributed by atoms with van der Waals surface area (Å²) in [5.74, 6) is -0.944. The van der Waals surface area contributed by atoms with Gasteiger partial charge in [0.05, 0.1) is 12.1 Å². The molecule has 0 unspecified atom stereocenters. The first-order valence-corrected chi connectivity index (χ1v) is 17.8. The number of nitrogens with one attached hydrogen (secondary N) is 4. The fourth-order valence-corrected chi connectivity index (χ4v) is 7.40. The smallest absolute Gasteiger partial charge is 0.271 e. The minimum absolute atomic E-state index is 0.147. The third-order valence-electron chi connectivity index (χ3n) is 8.06. The van der Waals surface area contributed by atoms with Crippen molar-refractivity contribution in [2.75, 3.05) is 19.6 Å². The highest BCUT2D eigenvalue weighted by Gasteiger charge is 2.31. The van der Waals surface area contributed by atoms with Crippen LogP contribution in [0.2, 0.25) is 0 Å². The lowest BCUT2D eigenvalue weighted by molar-refractivity contribution is -0.134. The van der Waals surface area contributed by atoms with E-state index in [9.17, 15) is 24.0 Å². The highest BCUT2D eigenvalue weighted by molar-refractivity contribution is 7.10. The Bertz CT molecular complexity index is 1570. The van der Waals surface area contributed by atoms with Crippen LogP contribution in [0, 0.1) is 5.92 Å². The van der Waals surface area contributed by atoms with Crippen molar-refractivity contribution in [2.24, 2.45) is 5.92 Å². The fourth-order valence-electron chi connectivity index (χ4n) is 5.69. The minimum atomic E-state index is -0.580. The molecular weight excluding hydrogens is 639 g/mol. The Morgan fingerprint density at radius 3 is 2.19 bits per heavy atom. The van der Waals surface area contributed by atoms with Gasteiger partial charge in [-0.25, -0.2) is 9.97 Å². The van der Waals surface area contributed by atoms with Crippen molar-refractivity contribution in [3.63, 3.8) is 0 Å². The summed E-state index contributed by atoms with van der Waals surface area (Å²) < 4.78 is 0. The zero-order chi connectivity index (χ0) is 33.3. The second-order valence-corrected chi connectivity index (χ2v) is 14.1. The van der Waals surface area contributed by atoms with Crippen LogP contribution >= 0.6 is 22.7 Å². The van der Waals surface area contributed by atoms with Crippen LogP contribution in [0.4, 0.5) is 0 Å². The Morgan fingerprint density at radius 1 is 0.851 bits per heavy atom. The maximum atomic E-state index is 13.5. The van der Waals surface area contributed by atoms with Gasteiger partial charge in [-0.2, -0.15) is 0 Å². The molecule has 47 heavy (non-hydrogen) atoms. The molecular formula is C33H41N7O5S2. The van der Waals surface area contributed by atoms with Gasteiger partial charge in [-0.05, 0) is 43.6 Å². The van der Waals surface area contributed by atoms with E-state index in [1.165, 1.54) is 22.7 Å². The summed E-state index contributed by atoms with van der Waals surface area (Å²) in [5.41, 5.74) is 1.50. The summed E-state index contributed by atoms with van der Waals surface area (Å²) in [6.07, 6.45) is 2.96. The van der Waals surface area contributed by atoms with E-state index in [1.807, 2.05) is 30.3 Å². The van der Waals surface area contributed by atoms with Gasteiger partial charge in [0.1, 0.15) is 27.4 Å². The molecule has 0 saturated carbocycles. The number of amides is 5. The molecule has 3 aromatic rings. The number of nitrogens with zero attached hydrogens (tertiary/aromatic N) is 3. The lowest BCUT2D eigenvalue weighted by Gasteiger charge is -2.26. The van der Waals surface area contributed by atoms with Gasteiger partial charge in [0.25, 0.3) is 11.8 Å². The molecule has 12 nitrogen and oxygen atoms in total. The Hall–Kier alpha value is -4.17. The summed E-state index contributed by atoms with van der Waals surface area (Å²) in [7, 11) is 0. The molecule has 3 atom stereocenters. The zero-order valence-corrected chi connectivity index (χ0v) is 28.3. The molecule has 0 spiro atoms. The van der Waals surface area contributed by atoms with Crippen LogP contribution < -0.4 is 21.3 Å². The van der Waals surface area contributed by atoms with E-state index in [1.54, 1.807) is 15.7 Å². The van der Waals surface area contributed by atoms with Gasteiger partial charge >= 0.3 is 0 Å². The molecule has 4 bridgehead atoms. The van der Waals surface area contributed by atoms with Gasteiger partial charge in [-0.1, -0.05) is 44.2 Å². The van der Waals surface area contributed by atoms with Crippen molar-refractivity contribution in [3.8, 4) is 0 Å². The predicted molar refractivity (Wildman–Crippen MR) is 179 cm³/mol. The first-order chi connectivity index (χ1) is 22.7. The van der Waals surface area contributed by atoms with E-state index >= 15 is 0 Å². The number of benzene rings is 1. The van der Waals surface area contributed by atoms with E-state index in [0.717, 1.165) is 5.56 Å². The topological polar surface area (TPSA) is 162 Å². The highest BCUT2D eigenvalue weighted by atomic mass is 32.1. The molecule has 5 rings (SSSR count). The molecule has 14 heteroatoms. The molecule has 2 aliphatic heterocycles. The maximum Gasteiger partial charge on any atom is 0.271 e. The molecule has 1 fully saturated rings. The summed E-state index contributed by atoms with van der Waals surface area (Å²) in [4.78, 5) is 75.7. The molecule has 2 aliphatic rings. The largest absolute Gasteiger partial charge is 0.351 e. The van der Waals surface area contributed by atoms with Crippen LogP contribution in [0.15, 0.2) is 41.1 Å². The third-order valence-corrected chi connectivity index (χ3v) is 9.98. The van der Waals surface area contributed by atoms with Crippen LogP contribution in [0.25, 0.3) is 0 Å². The molecule has 250 valence electrons. The highest BCUT2D eigenvalue weighted by Crippen LogP contribution is 2.27. The van der Waals surface area contributed by atoms with Crippen molar-refractivity contribution >= 4 is 52.2 Å². The number of carbonyl (C=O) groups excluding carboxylic acids is 5. The number of carbonyl (C=O) groups is 5. The first kappa shape index (κ1) is 34.2.